The summed E-state index contributed by atoms with van der Waals surface area (Å²) < 4.78 is 0. The molecular formula is C14H9ClN4O2. The number of fused-ring (bicyclic) bond motifs is 3. The summed E-state index contributed by atoms with van der Waals surface area (Å²) in [5.74, 6) is 0.346. The van der Waals surface area contributed by atoms with Crippen molar-refractivity contribution < 1.29 is 4.79 Å². The van der Waals surface area contributed by atoms with E-state index in [4.69, 9.17) is 11.6 Å². The lowest BCUT2D eigenvalue weighted by Crippen LogP contribution is -2.35. The third kappa shape index (κ3) is 1.56. The van der Waals surface area contributed by atoms with Crippen LogP contribution in [0.1, 0.15) is 16.7 Å². The van der Waals surface area contributed by atoms with Gasteiger partial charge in [0.25, 0.3) is 0 Å². The van der Waals surface area contributed by atoms with Crippen molar-refractivity contribution >= 4 is 29.0 Å². The first-order valence-corrected chi connectivity index (χ1v) is 6.79. The van der Waals surface area contributed by atoms with Crippen LogP contribution in [0.5, 0.6) is 0 Å². The molecule has 1 aromatic carbocycles. The van der Waals surface area contributed by atoms with Crippen LogP contribution in [0.4, 0.5) is 11.5 Å². The summed E-state index contributed by atoms with van der Waals surface area (Å²) in [6, 6.07) is 5.21. The van der Waals surface area contributed by atoms with Crippen LogP contribution in [0.2, 0.25) is 5.15 Å². The number of rotatable bonds is 1. The molecule has 2 aliphatic rings. The Hall–Kier alpha value is -2.34. The highest BCUT2D eigenvalue weighted by Crippen LogP contribution is 2.49. The predicted molar refractivity (Wildman–Crippen MR) is 76.7 cm³/mol. The Labute approximate surface area is 124 Å². The number of benzene rings is 1. The van der Waals surface area contributed by atoms with Crippen molar-refractivity contribution in [2.75, 3.05) is 5.32 Å². The highest BCUT2D eigenvalue weighted by Gasteiger charge is 2.52. The van der Waals surface area contributed by atoms with Crippen LogP contribution >= 0.6 is 11.6 Å². The fourth-order valence-electron chi connectivity index (χ4n) is 3.28. The van der Waals surface area contributed by atoms with Gasteiger partial charge in [-0.25, -0.2) is 9.97 Å². The lowest BCUT2D eigenvalue weighted by atomic mass is 9.80. The van der Waals surface area contributed by atoms with Crippen LogP contribution in [-0.4, -0.2) is 15.9 Å². The van der Waals surface area contributed by atoms with E-state index in [9.17, 15) is 9.70 Å². The van der Waals surface area contributed by atoms with E-state index < -0.39 is 5.41 Å². The molecule has 1 N–H and O–H groups in total. The summed E-state index contributed by atoms with van der Waals surface area (Å²) in [4.78, 5) is 31.3. The van der Waals surface area contributed by atoms with Crippen LogP contribution in [-0.2, 0) is 23.1 Å². The zero-order chi connectivity index (χ0) is 14.6. The van der Waals surface area contributed by atoms with Gasteiger partial charge in [-0.05, 0) is 41.3 Å². The number of nitrogens with zero attached hydrogens (tertiary/aromatic N) is 3. The molecule has 2 heterocycles. The Kier molecular flexibility index (Phi) is 2.41. The van der Waals surface area contributed by atoms with E-state index in [2.05, 4.69) is 20.5 Å². The topological polar surface area (TPSA) is 84.3 Å². The second-order valence-electron chi connectivity index (χ2n) is 5.32. The highest BCUT2D eigenvalue weighted by molar-refractivity contribution is 6.31. The number of hydrogen-bond donors (Lipinski definition) is 1. The Morgan fingerprint density at radius 1 is 1.24 bits per heavy atom. The van der Waals surface area contributed by atoms with Crippen molar-refractivity contribution in [3.8, 4) is 0 Å². The maximum atomic E-state index is 12.5. The summed E-state index contributed by atoms with van der Waals surface area (Å²) in [5.41, 5.74) is 2.19. The molecule has 1 spiro atoms. The van der Waals surface area contributed by atoms with E-state index in [1.54, 1.807) is 12.1 Å². The molecule has 1 atom stereocenters. The Morgan fingerprint density at radius 3 is 2.86 bits per heavy atom. The summed E-state index contributed by atoms with van der Waals surface area (Å²) in [6.07, 6.45) is 2.32. The minimum atomic E-state index is -0.780. The molecule has 1 amide bonds. The number of carbonyl (C=O) groups excluding carboxylic acids is 1. The molecule has 21 heavy (non-hydrogen) atoms. The molecule has 0 bridgehead atoms. The molecular weight excluding hydrogens is 292 g/mol. The molecule has 6 nitrogen and oxygen atoms in total. The molecule has 104 valence electrons. The van der Waals surface area contributed by atoms with Crippen molar-refractivity contribution in [2.45, 2.75) is 18.3 Å². The molecule has 1 unspecified atom stereocenters. The van der Waals surface area contributed by atoms with E-state index in [1.807, 2.05) is 6.07 Å². The second kappa shape index (κ2) is 4.08. The number of amides is 1. The fourth-order valence-corrected chi connectivity index (χ4v) is 3.59. The van der Waals surface area contributed by atoms with Crippen molar-refractivity contribution in [1.82, 2.24) is 9.97 Å². The number of anilines is 1. The molecule has 4 rings (SSSR count). The van der Waals surface area contributed by atoms with Crippen LogP contribution in [0.25, 0.3) is 0 Å². The zero-order valence-electron chi connectivity index (χ0n) is 10.8. The first kappa shape index (κ1) is 12.4. The highest BCUT2D eigenvalue weighted by atomic mass is 35.5. The van der Waals surface area contributed by atoms with Crippen LogP contribution < -0.4 is 5.32 Å². The molecule has 2 aromatic rings. The normalized spacial score (nSPS) is 22.0. The fraction of sp³-hybridized carbons (Fsp3) is 0.214. The lowest BCUT2D eigenvalue weighted by Gasteiger charge is -2.20. The Morgan fingerprint density at radius 2 is 2.05 bits per heavy atom. The summed E-state index contributed by atoms with van der Waals surface area (Å²) in [5, 5.41) is 6.01. The van der Waals surface area contributed by atoms with Crippen LogP contribution in [0.15, 0.2) is 29.7 Å². The van der Waals surface area contributed by atoms with Gasteiger partial charge in [0.15, 0.2) is 0 Å². The summed E-state index contributed by atoms with van der Waals surface area (Å²) in [7, 11) is 0. The molecule has 1 aliphatic heterocycles. The molecule has 0 radical (unpaired) electrons. The van der Waals surface area contributed by atoms with Crippen molar-refractivity contribution in [2.24, 2.45) is 5.18 Å². The average Bonchev–Trinajstić information content (AvgIpc) is 2.98. The van der Waals surface area contributed by atoms with Crippen LogP contribution in [0, 0.1) is 4.91 Å². The van der Waals surface area contributed by atoms with Gasteiger partial charge in [-0.2, -0.15) is 0 Å². The van der Waals surface area contributed by atoms with Gasteiger partial charge in [0.05, 0.1) is 5.41 Å². The molecule has 0 saturated heterocycles. The minimum absolute atomic E-state index is 0.128. The van der Waals surface area contributed by atoms with Crippen molar-refractivity contribution in [3.05, 3.63) is 51.3 Å². The molecule has 1 aliphatic carbocycles. The molecule has 1 aromatic heterocycles. The second-order valence-corrected chi connectivity index (χ2v) is 5.68. The average molecular weight is 301 g/mol. The van der Waals surface area contributed by atoms with E-state index in [-0.39, 0.29) is 5.91 Å². The SMILES string of the molecule is O=Nc1ccc2c(c1)CC1(C2)C(=O)Nc2ncnc(Cl)c21. The number of halogens is 1. The smallest absolute Gasteiger partial charge is 0.237 e. The molecule has 0 fully saturated rings. The van der Waals surface area contributed by atoms with E-state index in [0.717, 1.165) is 11.1 Å². The third-order valence-corrected chi connectivity index (χ3v) is 4.51. The van der Waals surface area contributed by atoms with Gasteiger partial charge in [-0.3, -0.25) is 4.79 Å². The number of hydrogen-bond acceptors (Lipinski definition) is 5. The zero-order valence-corrected chi connectivity index (χ0v) is 11.5. The van der Waals surface area contributed by atoms with Gasteiger partial charge in [-0.1, -0.05) is 17.7 Å². The number of aromatic nitrogens is 2. The largest absolute Gasteiger partial charge is 0.309 e. The van der Waals surface area contributed by atoms with Gasteiger partial charge >= 0.3 is 0 Å². The maximum Gasteiger partial charge on any atom is 0.237 e. The summed E-state index contributed by atoms with van der Waals surface area (Å²) in [6.45, 7) is 0. The maximum absolute atomic E-state index is 12.5. The molecule has 0 saturated carbocycles. The van der Waals surface area contributed by atoms with Gasteiger partial charge in [0, 0.05) is 5.56 Å². The van der Waals surface area contributed by atoms with Gasteiger partial charge in [-0.15, -0.1) is 4.91 Å². The van der Waals surface area contributed by atoms with Gasteiger partial charge in [0.1, 0.15) is 23.0 Å². The van der Waals surface area contributed by atoms with Crippen LogP contribution in [0.3, 0.4) is 0 Å². The number of nitrogens with one attached hydrogen (secondary N) is 1. The van der Waals surface area contributed by atoms with E-state index >= 15 is 0 Å². The quantitative estimate of drug-likeness (QED) is 0.648. The first-order chi connectivity index (χ1) is 10.1. The summed E-state index contributed by atoms with van der Waals surface area (Å²) >= 11 is 6.19. The molecule has 7 heteroatoms. The third-order valence-electron chi connectivity index (χ3n) is 4.23. The predicted octanol–water partition coefficient (Wildman–Crippen LogP) is 2.52. The van der Waals surface area contributed by atoms with E-state index in [0.29, 0.717) is 35.1 Å². The van der Waals surface area contributed by atoms with Crippen molar-refractivity contribution in [3.63, 3.8) is 0 Å². The van der Waals surface area contributed by atoms with Gasteiger partial charge in [0.2, 0.25) is 5.91 Å². The standard InChI is InChI=1S/C14H9ClN4O2/c15-11-10-12(17-6-16-11)18-13(20)14(10)4-7-1-2-9(19-21)3-8(7)5-14/h1-3,6H,4-5H2,(H,16,17,18,20). The Balaban J connectivity index is 1.88. The number of carbonyl (C=O) groups is 1. The van der Waals surface area contributed by atoms with E-state index in [1.165, 1.54) is 6.33 Å². The monoisotopic (exact) mass is 300 g/mol. The first-order valence-electron chi connectivity index (χ1n) is 6.42. The van der Waals surface area contributed by atoms with Gasteiger partial charge < -0.3 is 5.32 Å². The number of nitroso groups, excluding NO2 is 1. The lowest BCUT2D eigenvalue weighted by molar-refractivity contribution is -0.120. The minimum Gasteiger partial charge on any atom is -0.309 e. The Bertz CT molecular complexity index is 808. The van der Waals surface area contributed by atoms with Crippen molar-refractivity contribution in [1.29, 1.82) is 0 Å².